The van der Waals surface area contributed by atoms with Gasteiger partial charge in [-0.1, -0.05) is 18.2 Å². The van der Waals surface area contributed by atoms with Crippen LogP contribution in [0.5, 0.6) is 11.5 Å². The number of aromatic hydroxyl groups is 1. The maximum atomic E-state index is 13.0. The first-order valence-corrected chi connectivity index (χ1v) is 12.5. The number of hydrogen-bond acceptors (Lipinski definition) is 6. The average molecular weight is 560 g/mol. The third-order valence-corrected chi connectivity index (χ3v) is 5.52. The fourth-order valence-electron chi connectivity index (χ4n) is 3.22. The standard InChI is InChI=1S/C24H24F3N3O5S.ClH/c1-36(33,34)30-20-14-18(8-10-21(20)31)29-23(32)19-9-5-16(13-22(19)35-12-2-11-28)15-3-6-17(7-4-15)24(25,26)27;/h3-10,13-14,30-31H,2,11-12,28H2,1H3,(H,29,32);1H. The summed E-state index contributed by atoms with van der Waals surface area (Å²) in [6, 6.07) is 13.0. The molecule has 13 heteroatoms. The molecular weight excluding hydrogens is 535 g/mol. The average Bonchev–Trinajstić information content (AvgIpc) is 2.80. The minimum atomic E-state index is -4.46. The third-order valence-electron chi connectivity index (χ3n) is 4.93. The molecule has 0 aliphatic heterocycles. The molecule has 0 unspecified atom stereocenters. The van der Waals surface area contributed by atoms with E-state index in [0.717, 1.165) is 18.4 Å². The number of sulfonamides is 1. The predicted molar refractivity (Wildman–Crippen MR) is 138 cm³/mol. The number of alkyl halides is 3. The van der Waals surface area contributed by atoms with Crippen molar-refractivity contribution in [2.24, 2.45) is 5.73 Å². The third kappa shape index (κ3) is 8.27. The van der Waals surface area contributed by atoms with Gasteiger partial charge in [-0.05, 0) is 66.6 Å². The first kappa shape index (κ1) is 29.7. The van der Waals surface area contributed by atoms with E-state index < -0.39 is 27.7 Å². The van der Waals surface area contributed by atoms with Gasteiger partial charge in [0.1, 0.15) is 11.5 Å². The summed E-state index contributed by atoms with van der Waals surface area (Å²) in [7, 11) is -3.67. The van der Waals surface area contributed by atoms with E-state index in [0.29, 0.717) is 24.1 Å². The van der Waals surface area contributed by atoms with E-state index >= 15 is 0 Å². The predicted octanol–water partition coefficient (Wildman–Crippen LogP) is 4.85. The first-order chi connectivity index (χ1) is 16.9. The summed E-state index contributed by atoms with van der Waals surface area (Å²) in [5.74, 6) is -0.732. The lowest BCUT2D eigenvalue weighted by atomic mass is 10.0. The number of phenols is 1. The topological polar surface area (TPSA) is 131 Å². The molecule has 200 valence electrons. The maximum Gasteiger partial charge on any atom is 0.416 e. The molecule has 0 fully saturated rings. The monoisotopic (exact) mass is 559 g/mol. The number of ether oxygens (including phenoxy) is 1. The molecule has 0 atom stereocenters. The fraction of sp³-hybridized carbons (Fsp3) is 0.208. The van der Waals surface area contributed by atoms with Gasteiger partial charge >= 0.3 is 6.18 Å². The minimum Gasteiger partial charge on any atom is -0.506 e. The Morgan fingerprint density at radius 1 is 1.03 bits per heavy atom. The molecule has 0 aromatic heterocycles. The lowest BCUT2D eigenvalue weighted by Crippen LogP contribution is -2.15. The molecule has 3 aromatic carbocycles. The van der Waals surface area contributed by atoms with Gasteiger partial charge in [-0.15, -0.1) is 12.4 Å². The Hall–Kier alpha value is -3.48. The summed E-state index contributed by atoms with van der Waals surface area (Å²) in [5, 5.41) is 12.5. The number of nitrogens with one attached hydrogen (secondary N) is 2. The van der Waals surface area contributed by atoms with Gasteiger partial charge in [0, 0.05) is 5.69 Å². The Bertz CT molecular complexity index is 1350. The zero-order valence-electron chi connectivity index (χ0n) is 19.5. The van der Waals surface area contributed by atoms with Gasteiger partial charge in [0.25, 0.3) is 5.91 Å². The van der Waals surface area contributed by atoms with Crippen LogP contribution in [0.4, 0.5) is 24.5 Å². The van der Waals surface area contributed by atoms with E-state index in [-0.39, 0.29) is 47.5 Å². The van der Waals surface area contributed by atoms with Crippen LogP contribution in [-0.2, 0) is 16.2 Å². The molecule has 0 aliphatic rings. The molecular formula is C24H25ClF3N3O5S. The minimum absolute atomic E-state index is 0. The van der Waals surface area contributed by atoms with Crippen LogP contribution >= 0.6 is 12.4 Å². The Morgan fingerprint density at radius 2 is 1.68 bits per heavy atom. The molecule has 8 nitrogen and oxygen atoms in total. The van der Waals surface area contributed by atoms with Crippen molar-refractivity contribution in [2.75, 3.05) is 29.4 Å². The van der Waals surface area contributed by atoms with E-state index in [1.807, 2.05) is 0 Å². The highest BCUT2D eigenvalue weighted by Gasteiger charge is 2.30. The van der Waals surface area contributed by atoms with Gasteiger partial charge in [0.05, 0.1) is 29.7 Å². The summed E-state index contributed by atoms with van der Waals surface area (Å²) in [6.45, 7) is 0.554. The summed E-state index contributed by atoms with van der Waals surface area (Å²) < 4.78 is 69.5. The number of anilines is 2. The van der Waals surface area contributed by atoms with Gasteiger partial charge in [-0.2, -0.15) is 13.2 Å². The molecule has 0 saturated heterocycles. The quantitative estimate of drug-likeness (QED) is 0.168. The Morgan fingerprint density at radius 3 is 2.27 bits per heavy atom. The normalized spacial score (nSPS) is 11.4. The second-order valence-corrected chi connectivity index (χ2v) is 9.59. The van der Waals surface area contributed by atoms with Crippen LogP contribution in [0.1, 0.15) is 22.3 Å². The molecule has 37 heavy (non-hydrogen) atoms. The van der Waals surface area contributed by atoms with Crippen molar-refractivity contribution in [3.8, 4) is 22.6 Å². The largest absolute Gasteiger partial charge is 0.506 e. The highest BCUT2D eigenvalue weighted by Crippen LogP contribution is 2.33. The first-order valence-electron chi connectivity index (χ1n) is 10.6. The SMILES string of the molecule is CS(=O)(=O)Nc1cc(NC(=O)c2ccc(-c3ccc(C(F)(F)F)cc3)cc2OCCCN)ccc1O.Cl. The van der Waals surface area contributed by atoms with Crippen LogP contribution in [0.15, 0.2) is 60.7 Å². The molecule has 0 heterocycles. The zero-order chi connectivity index (χ0) is 26.5. The van der Waals surface area contributed by atoms with Crippen LogP contribution in [0.3, 0.4) is 0 Å². The van der Waals surface area contributed by atoms with Gasteiger partial charge in [0.2, 0.25) is 10.0 Å². The molecule has 3 rings (SSSR count). The van der Waals surface area contributed by atoms with Crippen molar-refractivity contribution in [2.45, 2.75) is 12.6 Å². The molecule has 1 amide bonds. The number of benzene rings is 3. The molecule has 5 N–H and O–H groups in total. The number of carbonyl (C=O) groups excluding carboxylic acids is 1. The van der Waals surface area contributed by atoms with E-state index in [1.165, 1.54) is 36.4 Å². The number of carbonyl (C=O) groups is 1. The summed E-state index contributed by atoms with van der Waals surface area (Å²) in [5.41, 5.74) is 5.98. The second kappa shape index (κ2) is 12.2. The van der Waals surface area contributed by atoms with E-state index in [9.17, 15) is 31.5 Å². The van der Waals surface area contributed by atoms with E-state index in [4.69, 9.17) is 10.5 Å². The number of amides is 1. The molecule has 0 aliphatic carbocycles. The molecule has 0 saturated carbocycles. The summed E-state index contributed by atoms with van der Waals surface area (Å²) >= 11 is 0. The number of rotatable bonds is 9. The molecule has 0 radical (unpaired) electrons. The highest BCUT2D eigenvalue weighted by molar-refractivity contribution is 7.92. The van der Waals surface area contributed by atoms with Crippen molar-refractivity contribution in [3.05, 3.63) is 71.8 Å². The van der Waals surface area contributed by atoms with Crippen LogP contribution < -0.4 is 20.5 Å². The number of halogens is 4. The summed E-state index contributed by atoms with van der Waals surface area (Å²) in [4.78, 5) is 13.0. The zero-order valence-corrected chi connectivity index (χ0v) is 21.1. The van der Waals surface area contributed by atoms with Crippen LogP contribution in [0.25, 0.3) is 11.1 Å². The van der Waals surface area contributed by atoms with E-state index in [2.05, 4.69) is 10.0 Å². The van der Waals surface area contributed by atoms with Crippen molar-refractivity contribution in [3.63, 3.8) is 0 Å². The van der Waals surface area contributed by atoms with Crippen molar-refractivity contribution in [1.82, 2.24) is 0 Å². The maximum absolute atomic E-state index is 13.0. The Labute approximate surface area is 218 Å². The van der Waals surface area contributed by atoms with Crippen LogP contribution in [0.2, 0.25) is 0 Å². The smallest absolute Gasteiger partial charge is 0.416 e. The van der Waals surface area contributed by atoms with Crippen LogP contribution in [0, 0.1) is 0 Å². The molecule has 0 spiro atoms. The second-order valence-electron chi connectivity index (χ2n) is 7.84. The van der Waals surface area contributed by atoms with Gasteiger partial charge in [0.15, 0.2) is 0 Å². The lowest BCUT2D eigenvalue weighted by molar-refractivity contribution is -0.137. The van der Waals surface area contributed by atoms with Crippen molar-refractivity contribution >= 4 is 39.7 Å². The number of hydrogen-bond donors (Lipinski definition) is 4. The van der Waals surface area contributed by atoms with E-state index in [1.54, 1.807) is 12.1 Å². The van der Waals surface area contributed by atoms with Crippen molar-refractivity contribution in [1.29, 1.82) is 0 Å². The Kier molecular flexibility index (Phi) is 9.79. The van der Waals surface area contributed by atoms with Crippen LogP contribution in [-0.4, -0.2) is 38.8 Å². The van der Waals surface area contributed by atoms with Crippen molar-refractivity contribution < 1.29 is 36.2 Å². The van der Waals surface area contributed by atoms with Gasteiger partial charge in [-0.25, -0.2) is 8.42 Å². The number of nitrogens with two attached hydrogens (primary N) is 1. The summed E-state index contributed by atoms with van der Waals surface area (Å²) in [6.07, 6.45) is -3.03. The lowest BCUT2D eigenvalue weighted by Gasteiger charge is -2.15. The Balaban J connectivity index is 0.00000481. The van der Waals surface area contributed by atoms with Gasteiger partial charge in [-0.3, -0.25) is 9.52 Å². The van der Waals surface area contributed by atoms with Gasteiger partial charge < -0.3 is 20.9 Å². The number of phenolic OH excluding ortho intramolecular Hbond substituents is 1. The fourth-order valence-corrected chi connectivity index (χ4v) is 3.78. The molecule has 3 aromatic rings. The highest BCUT2D eigenvalue weighted by atomic mass is 35.5. The molecule has 0 bridgehead atoms.